The summed E-state index contributed by atoms with van der Waals surface area (Å²) in [5.41, 5.74) is -0.303. The highest BCUT2D eigenvalue weighted by atomic mass is 32.2. The van der Waals surface area contributed by atoms with E-state index >= 15 is 0 Å². The Morgan fingerprint density at radius 2 is 2.04 bits per heavy atom. The van der Waals surface area contributed by atoms with Crippen molar-refractivity contribution in [3.8, 4) is 0 Å². The van der Waals surface area contributed by atoms with Crippen molar-refractivity contribution in [2.75, 3.05) is 37.8 Å². The minimum atomic E-state index is -2.99. The Morgan fingerprint density at radius 1 is 1.29 bits per heavy atom. The first-order valence-corrected chi connectivity index (χ1v) is 11.3. The summed E-state index contributed by atoms with van der Waals surface area (Å²) in [6.45, 7) is 2.11. The fourth-order valence-electron chi connectivity index (χ4n) is 4.54. The number of nitrogens with zero attached hydrogens (tertiary/aromatic N) is 1. The quantitative estimate of drug-likeness (QED) is 0.799. The summed E-state index contributed by atoms with van der Waals surface area (Å²) in [5, 5.41) is 3.03. The molecule has 0 unspecified atom stereocenters. The maximum Gasteiger partial charge on any atom is 0.230 e. The van der Waals surface area contributed by atoms with Crippen LogP contribution in [0.15, 0.2) is 18.2 Å². The van der Waals surface area contributed by atoms with E-state index in [4.69, 9.17) is 4.74 Å². The minimum Gasteiger partial charge on any atom is -0.380 e. The second-order valence-electron chi connectivity index (χ2n) is 8.17. The van der Waals surface area contributed by atoms with E-state index in [-0.39, 0.29) is 29.4 Å². The van der Waals surface area contributed by atoms with Crippen molar-refractivity contribution in [3.63, 3.8) is 0 Å². The molecular formula is C19H24F2N2O4S. The monoisotopic (exact) mass is 414 g/mol. The summed E-state index contributed by atoms with van der Waals surface area (Å²) in [4.78, 5) is 15.1. The Balaban J connectivity index is 1.43. The molecule has 3 fully saturated rings. The van der Waals surface area contributed by atoms with E-state index < -0.39 is 26.9 Å². The number of amides is 1. The third-order valence-electron chi connectivity index (χ3n) is 6.20. The molecule has 0 saturated carbocycles. The molecule has 154 valence electrons. The van der Waals surface area contributed by atoms with Crippen molar-refractivity contribution in [3.05, 3.63) is 35.4 Å². The van der Waals surface area contributed by atoms with E-state index in [0.29, 0.717) is 51.3 Å². The number of benzene rings is 1. The van der Waals surface area contributed by atoms with Crippen LogP contribution < -0.4 is 5.32 Å². The maximum absolute atomic E-state index is 14.0. The van der Waals surface area contributed by atoms with Gasteiger partial charge in [-0.25, -0.2) is 17.2 Å². The highest BCUT2D eigenvalue weighted by molar-refractivity contribution is 7.91. The number of fused-ring (bicyclic) bond motifs is 1. The Bertz CT molecular complexity index is 865. The van der Waals surface area contributed by atoms with Gasteiger partial charge in [-0.3, -0.25) is 9.69 Å². The van der Waals surface area contributed by atoms with Crippen LogP contribution in [-0.2, 0) is 25.9 Å². The average molecular weight is 414 g/mol. The van der Waals surface area contributed by atoms with Gasteiger partial charge in [0.15, 0.2) is 0 Å². The molecular weight excluding hydrogens is 390 g/mol. The van der Waals surface area contributed by atoms with Crippen LogP contribution in [-0.4, -0.2) is 63.1 Å². The Kier molecular flexibility index (Phi) is 5.18. The molecule has 28 heavy (non-hydrogen) atoms. The maximum atomic E-state index is 14.0. The zero-order chi connectivity index (χ0) is 19.9. The first-order chi connectivity index (χ1) is 13.3. The van der Waals surface area contributed by atoms with Gasteiger partial charge in [0.2, 0.25) is 5.91 Å². The van der Waals surface area contributed by atoms with E-state index in [9.17, 15) is 22.0 Å². The van der Waals surface area contributed by atoms with Gasteiger partial charge in [-0.15, -0.1) is 0 Å². The van der Waals surface area contributed by atoms with E-state index in [0.717, 1.165) is 6.07 Å². The standard InChI is InChI=1S/C19H24F2N2O4S/c20-15-2-1-13(17(21)7-15)8-23-9-14-10-27-12-19(14,11-23)18(24)22-16-3-5-28(25,26)6-4-16/h1-2,7,14,16H,3-6,8-12H2,(H,22,24)/t14-,19-/m1/s1. The molecule has 1 N–H and O–H groups in total. The van der Waals surface area contributed by atoms with Crippen molar-refractivity contribution >= 4 is 15.7 Å². The van der Waals surface area contributed by atoms with Crippen molar-refractivity contribution in [1.82, 2.24) is 10.2 Å². The van der Waals surface area contributed by atoms with Crippen molar-refractivity contribution in [1.29, 1.82) is 0 Å². The number of rotatable bonds is 4. The van der Waals surface area contributed by atoms with E-state index in [1.54, 1.807) is 0 Å². The molecule has 3 saturated heterocycles. The molecule has 0 aliphatic carbocycles. The number of likely N-dealkylation sites (tertiary alicyclic amines) is 1. The van der Waals surface area contributed by atoms with Gasteiger partial charge in [0, 0.05) is 43.2 Å². The number of halogens is 2. The normalized spacial score (nSPS) is 30.3. The highest BCUT2D eigenvalue weighted by Crippen LogP contribution is 2.42. The minimum absolute atomic E-state index is 0.00309. The lowest BCUT2D eigenvalue weighted by Crippen LogP contribution is -2.51. The second kappa shape index (κ2) is 7.35. The van der Waals surface area contributed by atoms with Gasteiger partial charge in [0.1, 0.15) is 21.5 Å². The fourth-order valence-corrected chi connectivity index (χ4v) is 6.03. The van der Waals surface area contributed by atoms with Crippen LogP contribution in [0.3, 0.4) is 0 Å². The molecule has 6 nitrogen and oxygen atoms in total. The zero-order valence-corrected chi connectivity index (χ0v) is 16.3. The number of carbonyl (C=O) groups excluding carboxylic acids is 1. The molecule has 0 bridgehead atoms. The molecule has 1 aromatic rings. The number of carbonyl (C=O) groups is 1. The number of hydrogen-bond donors (Lipinski definition) is 1. The molecule has 2 atom stereocenters. The van der Waals surface area contributed by atoms with E-state index in [2.05, 4.69) is 5.32 Å². The predicted molar refractivity (Wildman–Crippen MR) is 98.2 cm³/mol. The molecule has 4 rings (SSSR count). The summed E-state index contributed by atoms with van der Waals surface area (Å²) in [5.74, 6) is -1.11. The summed E-state index contributed by atoms with van der Waals surface area (Å²) in [7, 11) is -2.99. The lowest BCUT2D eigenvalue weighted by Gasteiger charge is -2.30. The molecule has 9 heteroatoms. The predicted octanol–water partition coefficient (Wildman–Crippen LogP) is 1.11. The Morgan fingerprint density at radius 3 is 2.75 bits per heavy atom. The largest absolute Gasteiger partial charge is 0.380 e. The average Bonchev–Trinajstić information content (AvgIpc) is 3.17. The Labute approximate surface area is 163 Å². The molecule has 3 aliphatic heterocycles. The molecule has 1 amide bonds. The first kappa shape index (κ1) is 19.7. The van der Waals surface area contributed by atoms with Crippen LogP contribution in [0.2, 0.25) is 0 Å². The van der Waals surface area contributed by atoms with Crippen LogP contribution in [0.5, 0.6) is 0 Å². The summed E-state index contributed by atoms with van der Waals surface area (Å²) >= 11 is 0. The number of ether oxygens (including phenoxy) is 1. The molecule has 0 spiro atoms. The number of nitrogens with one attached hydrogen (secondary N) is 1. The van der Waals surface area contributed by atoms with Crippen LogP contribution >= 0.6 is 0 Å². The molecule has 0 radical (unpaired) electrons. The molecule has 3 aliphatic rings. The number of hydrogen-bond acceptors (Lipinski definition) is 5. The topological polar surface area (TPSA) is 75.7 Å². The second-order valence-corrected chi connectivity index (χ2v) is 10.5. The SMILES string of the molecule is O=C(NC1CCS(=O)(=O)CC1)[C@]12COC[C@H]1CN(Cc1ccc(F)cc1F)C2. The van der Waals surface area contributed by atoms with Crippen molar-refractivity contribution in [2.45, 2.75) is 25.4 Å². The molecule has 1 aromatic carbocycles. The third kappa shape index (κ3) is 3.79. The third-order valence-corrected chi connectivity index (χ3v) is 7.91. The van der Waals surface area contributed by atoms with Crippen molar-refractivity contribution in [2.24, 2.45) is 11.3 Å². The highest BCUT2D eigenvalue weighted by Gasteiger charge is 2.56. The van der Waals surface area contributed by atoms with Crippen LogP contribution in [0.25, 0.3) is 0 Å². The Hall–Kier alpha value is -1.58. The molecule has 0 aromatic heterocycles. The van der Waals surface area contributed by atoms with Gasteiger partial charge in [0.05, 0.1) is 30.1 Å². The molecule has 3 heterocycles. The zero-order valence-electron chi connectivity index (χ0n) is 15.5. The van der Waals surface area contributed by atoms with E-state index in [1.165, 1.54) is 12.1 Å². The van der Waals surface area contributed by atoms with Gasteiger partial charge >= 0.3 is 0 Å². The fraction of sp³-hybridized carbons (Fsp3) is 0.632. The summed E-state index contributed by atoms with van der Waals surface area (Å²) in [6.07, 6.45) is 0.861. The lowest BCUT2D eigenvalue weighted by atomic mass is 9.80. The number of sulfone groups is 1. The van der Waals surface area contributed by atoms with Crippen molar-refractivity contribution < 1.29 is 26.7 Å². The van der Waals surface area contributed by atoms with Gasteiger partial charge in [-0.1, -0.05) is 6.07 Å². The smallest absolute Gasteiger partial charge is 0.230 e. The van der Waals surface area contributed by atoms with Gasteiger partial charge in [0.25, 0.3) is 0 Å². The van der Waals surface area contributed by atoms with Gasteiger partial charge in [-0.2, -0.15) is 0 Å². The van der Waals surface area contributed by atoms with Crippen LogP contribution in [0.1, 0.15) is 18.4 Å². The lowest BCUT2D eigenvalue weighted by molar-refractivity contribution is -0.132. The first-order valence-electron chi connectivity index (χ1n) is 9.53. The van der Waals surface area contributed by atoms with Crippen LogP contribution in [0.4, 0.5) is 8.78 Å². The van der Waals surface area contributed by atoms with Crippen LogP contribution in [0, 0.1) is 23.0 Å². The summed E-state index contributed by atoms with van der Waals surface area (Å²) < 4.78 is 55.9. The van der Waals surface area contributed by atoms with E-state index in [1.807, 2.05) is 4.90 Å². The van der Waals surface area contributed by atoms with Gasteiger partial charge in [-0.05, 0) is 18.9 Å². The summed E-state index contributed by atoms with van der Waals surface area (Å²) in [6, 6.07) is 3.40. The van der Waals surface area contributed by atoms with Gasteiger partial charge < -0.3 is 10.1 Å².